The molecule has 0 bridgehead atoms. The van der Waals surface area contributed by atoms with E-state index < -0.39 is 0 Å². The predicted octanol–water partition coefficient (Wildman–Crippen LogP) is 4.10. The Hall–Kier alpha value is -2.36. The first-order chi connectivity index (χ1) is 10.7. The molecule has 3 nitrogen and oxygen atoms in total. The number of furan rings is 1. The molecule has 0 atom stereocenters. The van der Waals surface area contributed by atoms with Gasteiger partial charge in [0.2, 0.25) is 0 Å². The van der Waals surface area contributed by atoms with Crippen LogP contribution in [0.3, 0.4) is 0 Å². The van der Waals surface area contributed by atoms with Crippen molar-refractivity contribution in [2.75, 3.05) is 14.2 Å². The van der Waals surface area contributed by atoms with Gasteiger partial charge in [-0.1, -0.05) is 6.82 Å². The molecule has 3 aromatic rings. The van der Waals surface area contributed by atoms with Crippen molar-refractivity contribution in [2.24, 2.45) is 0 Å². The average Bonchev–Trinajstić information content (AvgIpc) is 2.99. The summed E-state index contributed by atoms with van der Waals surface area (Å²) in [6.07, 6.45) is 0.975. The zero-order valence-electron chi connectivity index (χ0n) is 13.2. The Morgan fingerprint density at radius 3 is 2.32 bits per heavy atom. The van der Waals surface area contributed by atoms with Gasteiger partial charge in [0.25, 0.3) is 0 Å². The highest BCUT2D eigenvalue weighted by Crippen LogP contribution is 2.33. The lowest BCUT2D eigenvalue weighted by Crippen LogP contribution is -1.93. The van der Waals surface area contributed by atoms with Crippen molar-refractivity contribution in [3.63, 3.8) is 0 Å². The quantitative estimate of drug-likeness (QED) is 0.664. The molecule has 22 heavy (non-hydrogen) atoms. The molecule has 0 N–H and O–H groups in total. The van der Waals surface area contributed by atoms with Crippen LogP contribution in [0.4, 0.5) is 0 Å². The molecule has 112 valence electrons. The minimum absolute atomic E-state index is 0.841. The van der Waals surface area contributed by atoms with Crippen LogP contribution < -0.4 is 9.47 Å². The number of hydrogen-bond donors (Lipinski definition) is 0. The van der Waals surface area contributed by atoms with Crippen molar-refractivity contribution < 1.29 is 13.9 Å². The Balaban J connectivity index is 2.09. The number of hydrogen-bond acceptors (Lipinski definition) is 3. The summed E-state index contributed by atoms with van der Waals surface area (Å²) in [5.41, 5.74) is 3.18. The molecule has 0 fully saturated rings. The standard InChI is InChI=1S/C18H19BO3/c1-19-11-14-9-16(21-3)8-13-10-17(22-18(13)14)12-4-6-15(20-2)7-5-12/h4-10,19H,11H2,1-3H3. The first kappa shape index (κ1) is 14.6. The van der Waals surface area contributed by atoms with Crippen LogP contribution in [0.1, 0.15) is 5.56 Å². The fourth-order valence-electron chi connectivity index (χ4n) is 2.67. The van der Waals surface area contributed by atoms with Crippen LogP contribution >= 0.6 is 0 Å². The molecule has 0 saturated heterocycles. The van der Waals surface area contributed by atoms with E-state index in [-0.39, 0.29) is 0 Å². The highest BCUT2D eigenvalue weighted by molar-refractivity contribution is 6.33. The van der Waals surface area contributed by atoms with Crippen molar-refractivity contribution in [1.82, 2.24) is 0 Å². The molecule has 0 radical (unpaired) electrons. The third kappa shape index (κ3) is 2.69. The van der Waals surface area contributed by atoms with Crippen molar-refractivity contribution >= 4 is 18.2 Å². The maximum Gasteiger partial charge on any atom is 0.137 e. The van der Waals surface area contributed by atoms with Crippen molar-refractivity contribution in [2.45, 2.75) is 13.1 Å². The highest BCUT2D eigenvalue weighted by Gasteiger charge is 2.12. The Labute approximate surface area is 131 Å². The molecule has 0 aliphatic carbocycles. The second-order valence-corrected chi connectivity index (χ2v) is 5.29. The van der Waals surface area contributed by atoms with Gasteiger partial charge in [-0.3, -0.25) is 0 Å². The lowest BCUT2D eigenvalue weighted by atomic mass is 9.75. The third-order valence-electron chi connectivity index (χ3n) is 3.80. The van der Waals surface area contributed by atoms with E-state index in [0.29, 0.717) is 0 Å². The molecule has 0 aliphatic heterocycles. The van der Waals surface area contributed by atoms with Gasteiger partial charge < -0.3 is 13.9 Å². The van der Waals surface area contributed by atoms with Crippen LogP contribution in [0, 0.1) is 0 Å². The Morgan fingerprint density at radius 1 is 0.955 bits per heavy atom. The van der Waals surface area contributed by atoms with Crippen LogP contribution in [0.25, 0.3) is 22.3 Å². The summed E-state index contributed by atoms with van der Waals surface area (Å²) in [5, 5.41) is 1.08. The van der Waals surface area contributed by atoms with Crippen LogP contribution in [0.15, 0.2) is 46.9 Å². The van der Waals surface area contributed by atoms with Crippen molar-refractivity contribution in [1.29, 1.82) is 0 Å². The number of methoxy groups -OCH3 is 2. The zero-order valence-corrected chi connectivity index (χ0v) is 13.2. The van der Waals surface area contributed by atoms with E-state index in [4.69, 9.17) is 13.9 Å². The lowest BCUT2D eigenvalue weighted by molar-refractivity contribution is 0.414. The molecule has 0 spiro atoms. The lowest BCUT2D eigenvalue weighted by Gasteiger charge is -2.04. The first-order valence-electron chi connectivity index (χ1n) is 7.50. The average molecular weight is 294 g/mol. The van der Waals surface area contributed by atoms with Crippen molar-refractivity contribution in [3.05, 3.63) is 48.0 Å². The molecule has 2 aromatic carbocycles. The van der Waals surface area contributed by atoms with Crippen LogP contribution in [-0.4, -0.2) is 21.5 Å². The number of rotatable bonds is 5. The molecule has 0 aliphatic rings. The van der Waals surface area contributed by atoms with Crippen molar-refractivity contribution in [3.8, 4) is 22.8 Å². The summed E-state index contributed by atoms with van der Waals surface area (Å²) in [6, 6.07) is 14.0. The van der Waals surface area contributed by atoms with Gasteiger partial charge in [-0.2, -0.15) is 0 Å². The highest BCUT2D eigenvalue weighted by atomic mass is 16.5. The fourth-order valence-corrected chi connectivity index (χ4v) is 2.67. The van der Waals surface area contributed by atoms with Gasteiger partial charge in [0.05, 0.1) is 14.2 Å². The minimum atomic E-state index is 0.841. The summed E-state index contributed by atoms with van der Waals surface area (Å²) in [6.45, 7) is 2.17. The number of fused-ring (bicyclic) bond motifs is 1. The van der Waals surface area contributed by atoms with E-state index in [1.165, 1.54) is 5.56 Å². The van der Waals surface area contributed by atoms with E-state index in [9.17, 15) is 0 Å². The van der Waals surface area contributed by atoms with E-state index in [2.05, 4.69) is 19.0 Å². The van der Waals surface area contributed by atoms with E-state index in [1.54, 1.807) is 14.2 Å². The Kier molecular flexibility index (Phi) is 4.10. The predicted molar refractivity (Wildman–Crippen MR) is 91.5 cm³/mol. The van der Waals surface area contributed by atoms with E-state index in [0.717, 1.165) is 47.4 Å². The topological polar surface area (TPSA) is 31.6 Å². The van der Waals surface area contributed by atoms with Crippen LogP contribution in [0.5, 0.6) is 11.5 Å². The van der Waals surface area contributed by atoms with Gasteiger partial charge in [0.1, 0.15) is 30.1 Å². The number of benzene rings is 2. The largest absolute Gasteiger partial charge is 0.497 e. The van der Waals surface area contributed by atoms with Gasteiger partial charge in [-0.25, -0.2) is 0 Å². The van der Waals surface area contributed by atoms with E-state index in [1.807, 2.05) is 30.3 Å². The maximum atomic E-state index is 6.11. The smallest absolute Gasteiger partial charge is 0.137 e. The molecule has 1 aromatic heterocycles. The molecule has 1 heterocycles. The first-order valence-corrected chi connectivity index (χ1v) is 7.50. The number of ether oxygens (including phenoxy) is 2. The van der Waals surface area contributed by atoms with Gasteiger partial charge >= 0.3 is 0 Å². The van der Waals surface area contributed by atoms with E-state index >= 15 is 0 Å². The van der Waals surface area contributed by atoms with Gasteiger partial charge in [0, 0.05) is 10.9 Å². The fraction of sp³-hybridized carbons (Fsp3) is 0.222. The summed E-state index contributed by atoms with van der Waals surface area (Å²) < 4.78 is 16.7. The molecular formula is C18H19BO3. The molecule has 4 heteroatoms. The van der Waals surface area contributed by atoms with Gasteiger partial charge in [0.15, 0.2) is 0 Å². The minimum Gasteiger partial charge on any atom is -0.497 e. The molecule has 0 saturated carbocycles. The summed E-state index contributed by atoms with van der Waals surface area (Å²) >= 11 is 0. The Morgan fingerprint density at radius 2 is 1.68 bits per heavy atom. The molecular weight excluding hydrogens is 275 g/mol. The maximum absolute atomic E-state index is 6.11. The molecule has 0 amide bonds. The monoisotopic (exact) mass is 294 g/mol. The summed E-state index contributed by atoms with van der Waals surface area (Å²) in [7, 11) is 4.43. The molecule has 0 unspecified atom stereocenters. The third-order valence-corrected chi connectivity index (χ3v) is 3.80. The summed E-state index contributed by atoms with van der Waals surface area (Å²) in [5.74, 6) is 2.58. The zero-order chi connectivity index (χ0) is 15.5. The SMILES string of the molecule is CBCc1cc(OC)cc2cc(-c3ccc(OC)cc3)oc12. The van der Waals surface area contributed by atoms with Gasteiger partial charge in [-0.15, -0.1) is 0 Å². The second kappa shape index (κ2) is 6.18. The van der Waals surface area contributed by atoms with Gasteiger partial charge in [-0.05, 0) is 54.3 Å². The Bertz CT molecular complexity index is 775. The second-order valence-electron chi connectivity index (χ2n) is 5.29. The summed E-state index contributed by atoms with van der Waals surface area (Å²) in [4.78, 5) is 0. The van der Waals surface area contributed by atoms with Crippen LogP contribution in [-0.2, 0) is 6.32 Å². The van der Waals surface area contributed by atoms with Crippen LogP contribution in [0.2, 0.25) is 6.82 Å². The molecule has 3 rings (SSSR count). The normalized spacial score (nSPS) is 10.7.